The van der Waals surface area contributed by atoms with E-state index in [1.165, 1.54) is 0 Å². The number of piperidine rings is 1. The fraction of sp³-hybridized carbons (Fsp3) is 0.650. The largest absolute Gasteiger partial charge is 0.387 e. The monoisotopic (exact) mass is 347 g/mol. The second-order valence-electron chi connectivity index (χ2n) is 7.47. The molecule has 1 amide bonds. The van der Waals surface area contributed by atoms with Gasteiger partial charge in [-0.15, -0.1) is 0 Å². The molecule has 0 spiro atoms. The van der Waals surface area contributed by atoms with Gasteiger partial charge in [-0.2, -0.15) is 0 Å². The Morgan fingerprint density at radius 3 is 2.44 bits per heavy atom. The minimum Gasteiger partial charge on any atom is -0.387 e. The molecule has 2 rings (SSSR count). The lowest BCUT2D eigenvalue weighted by molar-refractivity contribution is -0.129. The molecule has 1 aliphatic heterocycles. The third-order valence-electron chi connectivity index (χ3n) is 5.10. The Balaban J connectivity index is 1.66. The van der Waals surface area contributed by atoms with Gasteiger partial charge in [0, 0.05) is 40.2 Å². The maximum absolute atomic E-state index is 11.7. The summed E-state index contributed by atoms with van der Waals surface area (Å²) in [5, 5.41) is 10.4. The highest BCUT2D eigenvalue weighted by Crippen LogP contribution is 2.21. The van der Waals surface area contributed by atoms with Crippen LogP contribution in [0, 0.1) is 5.92 Å². The molecule has 0 aliphatic carbocycles. The normalized spacial score (nSPS) is 17.6. The zero-order valence-corrected chi connectivity index (χ0v) is 15.9. The highest BCUT2D eigenvalue weighted by Gasteiger charge is 2.22. The molecule has 0 aromatic heterocycles. The molecular formula is C20H33N3O2. The molecule has 1 saturated heterocycles. The first-order valence-electron chi connectivity index (χ1n) is 9.29. The number of rotatable bonds is 8. The molecule has 0 unspecified atom stereocenters. The van der Waals surface area contributed by atoms with Gasteiger partial charge in [0.1, 0.15) is 0 Å². The van der Waals surface area contributed by atoms with Gasteiger partial charge in [0.2, 0.25) is 5.91 Å². The summed E-state index contributed by atoms with van der Waals surface area (Å²) in [5.41, 5.74) is 0.995. The predicted octanol–water partition coefficient (Wildman–Crippen LogP) is 1.84. The van der Waals surface area contributed by atoms with Crippen LogP contribution in [0.3, 0.4) is 0 Å². The van der Waals surface area contributed by atoms with Crippen LogP contribution in [-0.2, 0) is 4.79 Å². The molecule has 0 saturated carbocycles. The third-order valence-corrected chi connectivity index (χ3v) is 5.10. The number of likely N-dealkylation sites (tertiary alicyclic amines) is 1. The molecule has 5 heteroatoms. The van der Waals surface area contributed by atoms with Crippen LogP contribution >= 0.6 is 0 Å². The van der Waals surface area contributed by atoms with E-state index < -0.39 is 6.10 Å². The highest BCUT2D eigenvalue weighted by molar-refractivity contribution is 5.75. The number of benzene rings is 1. The second kappa shape index (κ2) is 9.90. The van der Waals surface area contributed by atoms with Gasteiger partial charge in [-0.3, -0.25) is 4.79 Å². The molecule has 1 fully saturated rings. The van der Waals surface area contributed by atoms with Crippen LogP contribution in [0.5, 0.6) is 0 Å². The van der Waals surface area contributed by atoms with Crippen LogP contribution in [0.25, 0.3) is 0 Å². The zero-order valence-electron chi connectivity index (χ0n) is 15.9. The van der Waals surface area contributed by atoms with Crippen LogP contribution in [0.15, 0.2) is 30.3 Å². The van der Waals surface area contributed by atoms with Crippen molar-refractivity contribution in [2.24, 2.45) is 5.92 Å². The van der Waals surface area contributed by atoms with Crippen molar-refractivity contribution < 1.29 is 9.90 Å². The molecular weight excluding hydrogens is 314 g/mol. The summed E-state index contributed by atoms with van der Waals surface area (Å²) in [7, 11) is 5.72. The van der Waals surface area contributed by atoms with E-state index in [2.05, 4.69) is 16.8 Å². The Kier molecular flexibility index (Phi) is 7.88. The minimum absolute atomic E-state index is 0.191. The zero-order chi connectivity index (χ0) is 18.2. The Hall–Kier alpha value is -1.43. The summed E-state index contributed by atoms with van der Waals surface area (Å²) in [6.07, 6.45) is 2.50. The van der Waals surface area contributed by atoms with Gasteiger partial charge >= 0.3 is 0 Å². The van der Waals surface area contributed by atoms with Gasteiger partial charge in [-0.05, 0) is 44.5 Å². The molecule has 1 heterocycles. The van der Waals surface area contributed by atoms with Crippen LogP contribution in [0.4, 0.5) is 0 Å². The number of hydrogen-bond donors (Lipinski definition) is 1. The molecule has 1 aromatic rings. The number of aliphatic hydroxyl groups is 1. The molecule has 1 atom stereocenters. The van der Waals surface area contributed by atoms with Crippen LogP contribution in [-0.4, -0.2) is 79.6 Å². The van der Waals surface area contributed by atoms with Crippen molar-refractivity contribution in [3.63, 3.8) is 0 Å². The van der Waals surface area contributed by atoms with E-state index in [1.807, 2.05) is 44.4 Å². The number of hydrogen-bond acceptors (Lipinski definition) is 4. The molecule has 0 radical (unpaired) electrons. The van der Waals surface area contributed by atoms with Crippen molar-refractivity contribution >= 4 is 5.91 Å². The molecule has 1 aromatic carbocycles. The van der Waals surface area contributed by atoms with Gasteiger partial charge in [0.15, 0.2) is 0 Å². The molecule has 0 bridgehead atoms. The number of aliphatic hydroxyl groups excluding tert-OH is 1. The van der Waals surface area contributed by atoms with E-state index >= 15 is 0 Å². The predicted molar refractivity (Wildman–Crippen MR) is 101 cm³/mol. The smallest absolute Gasteiger partial charge is 0.223 e. The number of carbonyl (C=O) groups is 1. The van der Waals surface area contributed by atoms with E-state index in [1.54, 1.807) is 4.90 Å². The van der Waals surface area contributed by atoms with Crippen molar-refractivity contribution in [1.29, 1.82) is 0 Å². The van der Waals surface area contributed by atoms with Gasteiger partial charge in [0.25, 0.3) is 0 Å². The molecule has 140 valence electrons. The van der Waals surface area contributed by atoms with E-state index in [0.717, 1.165) is 44.6 Å². The van der Waals surface area contributed by atoms with Crippen molar-refractivity contribution in [2.45, 2.75) is 25.4 Å². The van der Waals surface area contributed by atoms with E-state index in [9.17, 15) is 9.90 Å². The lowest BCUT2D eigenvalue weighted by Gasteiger charge is -2.35. The Morgan fingerprint density at radius 1 is 1.20 bits per heavy atom. The highest BCUT2D eigenvalue weighted by atomic mass is 16.3. The standard InChI is InChI=1S/C20H33N3O2/c1-21(2)20(25)11-12-22(3)15-17-9-13-23(14-10-17)16-19(24)18-7-5-4-6-8-18/h4-8,17,19,24H,9-16H2,1-3H3/t19-/m1/s1. The fourth-order valence-electron chi connectivity index (χ4n) is 3.42. The molecule has 1 aliphatic rings. The van der Waals surface area contributed by atoms with E-state index in [-0.39, 0.29) is 5.91 Å². The van der Waals surface area contributed by atoms with Crippen molar-refractivity contribution in [3.8, 4) is 0 Å². The Morgan fingerprint density at radius 2 is 1.84 bits per heavy atom. The molecule has 5 nitrogen and oxygen atoms in total. The number of carbonyl (C=O) groups excluding carboxylic acids is 1. The van der Waals surface area contributed by atoms with Crippen molar-refractivity contribution in [1.82, 2.24) is 14.7 Å². The quantitative estimate of drug-likeness (QED) is 0.780. The summed E-state index contributed by atoms with van der Waals surface area (Å²) in [4.78, 5) is 18.0. The summed E-state index contributed by atoms with van der Waals surface area (Å²) in [6.45, 7) is 4.67. The van der Waals surface area contributed by atoms with Crippen LogP contribution < -0.4 is 0 Å². The first-order valence-corrected chi connectivity index (χ1v) is 9.29. The maximum atomic E-state index is 11.7. The maximum Gasteiger partial charge on any atom is 0.223 e. The van der Waals surface area contributed by atoms with Gasteiger partial charge in [0.05, 0.1) is 6.10 Å². The van der Waals surface area contributed by atoms with E-state index in [4.69, 9.17) is 0 Å². The average molecular weight is 348 g/mol. The van der Waals surface area contributed by atoms with Gasteiger partial charge in [-0.1, -0.05) is 30.3 Å². The van der Waals surface area contributed by atoms with Crippen molar-refractivity contribution in [2.75, 3.05) is 53.9 Å². The average Bonchev–Trinajstić information content (AvgIpc) is 2.62. The summed E-state index contributed by atoms with van der Waals surface area (Å²) >= 11 is 0. The summed E-state index contributed by atoms with van der Waals surface area (Å²) in [6, 6.07) is 9.90. The lowest BCUT2D eigenvalue weighted by Crippen LogP contribution is -2.40. The van der Waals surface area contributed by atoms with Crippen LogP contribution in [0.2, 0.25) is 0 Å². The molecule has 25 heavy (non-hydrogen) atoms. The summed E-state index contributed by atoms with van der Waals surface area (Å²) in [5.74, 6) is 0.876. The van der Waals surface area contributed by atoms with Crippen molar-refractivity contribution in [3.05, 3.63) is 35.9 Å². The first kappa shape index (κ1) is 19.9. The first-order chi connectivity index (χ1) is 12.0. The fourth-order valence-corrected chi connectivity index (χ4v) is 3.42. The number of nitrogens with zero attached hydrogens (tertiary/aromatic N) is 3. The second-order valence-corrected chi connectivity index (χ2v) is 7.47. The topological polar surface area (TPSA) is 47.0 Å². The Labute approximate surface area is 152 Å². The van der Waals surface area contributed by atoms with Gasteiger partial charge < -0.3 is 19.8 Å². The van der Waals surface area contributed by atoms with E-state index in [0.29, 0.717) is 18.9 Å². The SMILES string of the molecule is CN(CCC(=O)N(C)C)CC1CCN(C[C@@H](O)c2ccccc2)CC1. The summed E-state index contributed by atoms with van der Waals surface area (Å²) < 4.78 is 0. The minimum atomic E-state index is -0.405. The van der Waals surface area contributed by atoms with Gasteiger partial charge in [-0.25, -0.2) is 0 Å². The third kappa shape index (κ3) is 6.77. The number of β-amino-alcohol motifs (C(OH)–C–C–N with tert-alkyl or cyclic N) is 1. The molecule has 1 N–H and O–H groups in total. The lowest BCUT2D eigenvalue weighted by atomic mass is 9.95. The Bertz CT molecular complexity index is 513. The van der Waals surface area contributed by atoms with Crippen LogP contribution in [0.1, 0.15) is 30.9 Å². The number of amides is 1.